The maximum absolute atomic E-state index is 13.7. The van der Waals surface area contributed by atoms with E-state index in [-0.39, 0.29) is 29.0 Å². The van der Waals surface area contributed by atoms with E-state index in [1.807, 2.05) is 29.2 Å². The normalized spacial score (nSPS) is 22.3. The summed E-state index contributed by atoms with van der Waals surface area (Å²) in [6.45, 7) is 5.21. The number of ether oxygens (including phenoxy) is 1. The first-order valence-corrected chi connectivity index (χ1v) is 13.2. The molecule has 5 rings (SSSR count). The Bertz CT molecular complexity index is 1220. The van der Waals surface area contributed by atoms with Gasteiger partial charge in [-0.25, -0.2) is 14.4 Å². The number of amides is 1. The molecule has 4 heterocycles. The van der Waals surface area contributed by atoms with E-state index in [1.165, 1.54) is 12.3 Å². The molecule has 37 heavy (non-hydrogen) atoms. The molecular weight excluding hydrogens is 514 g/mol. The molecule has 0 radical (unpaired) electrons. The van der Waals surface area contributed by atoms with Crippen LogP contribution in [0.1, 0.15) is 31.2 Å². The van der Waals surface area contributed by atoms with Crippen molar-refractivity contribution in [2.45, 2.75) is 25.7 Å². The summed E-state index contributed by atoms with van der Waals surface area (Å²) < 4.78 is 19.3. The fourth-order valence-corrected chi connectivity index (χ4v) is 5.66. The van der Waals surface area contributed by atoms with Gasteiger partial charge in [0.2, 0.25) is 11.8 Å². The van der Waals surface area contributed by atoms with Gasteiger partial charge in [0.05, 0.1) is 17.8 Å². The predicted molar refractivity (Wildman–Crippen MR) is 143 cm³/mol. The maximum Gasteiger partial charge on any atom is 0.225 e. The number of hydrogen-bond donors (Lipinski definition) is 0. The van der Waals surface area contributed by atoms with Gasteiger partial charge in [0.25, 0.3) is 0 Å². The van der Waals surface area contributed by atoms with Gasteiger partial charge < -0.3 is 14.5 Å². The number of hydrogen-bond acceptors (Lipinski definition) is 5. The molecule has 2 atom stereocenters. The van der Waals surface area contributed by atoms with Crippen LogP contribution in [0.2, 0.25) is 10.0 Å². The van der Waals surface area contributed by atoms with E-state index in [2.05, 4.69) is 21.8 Å². The standard InChI is InChI=1S/C28H29Cl2FN4O2/c1-28(18-37-26-9-6-22(30)14-33-26)17-35(16-24(28)19-2-4-21(29)5-3-19)27(36)20-10-12-34(13-11-20)25-8-7-23(31)15-32-25/h2-9,14-15,20,24H,10-13,16-18H2,1H3/t24-,28-/m1/s1. The van der Waals surface area contributed by atoms with Crippen LogP contribution in [-0.4, -0.2) is 53.6 Å². The second kappa shape index (κ2) is 10.8. The van der Waals surface area contributed by atoms with Crippen molar-refractivity contribution in [1.29, 1.82) is 0 Å². The number of nitrogens with zero attached hydrogens (tertiary/aromatic N) is 4. The smallest absolute Gasteiger partial charge is 0.225 e. The van der Waals surface area contributed by atoms with Crippen molar-refractivity contribution in [3.05, 3.63) is 82.4 Å². The number of aromatic nitrogens is 2. The SMILES string of the molecule is C[C@]1(COc2ccc(Cl)cn2)CN(C(=O)C2CCN(c3ccc(F)cn3)CC2)C[C@@H]1c1ccc(Cl)cc1. The molecule has 3 aromatic rings. The van der Waals surface area contributed by atoms with Crippen molar-refractivity contribution >= 4 is 34.9 Å². The fourth-order valence-electron chi connectivity index (χ4n) is 5.42. The molecule has 1 aromatic carbocycles. The molecule has 2 aromatic heterocycles. The topological polar surface area (TPSA) is 58.6 Å². The van der Waals surface area contributed by atoms with Gasteiger partial charge in [0.1, 0.15) is 11.6 Å². The highest BCUT2D eigenvalue weighted by molar-refractivity contribution is 6.30. The van der Waals surface area contributed by atoms with Crippen molar-refractivity contribution in [1.82, 2.24) is 14.9 Å². The molecule has 0 bridgehead atoms. The van der Waals surface area contributed by atoms with Crippen LogP contribution in [0.25, 0.3) is 0 Å². The number of anilines is 1. The lowest BCUT2D eigenvalue weighted by atomic mass is 9.77. The number of pyridine rings is 2. The zero-order valence-corrected chi connectivity index (χ0v) is 22.1. The predicted octanol–water partition coefficient (Wildman–Crippen LogP) is 5.85. The van der Waals surface area contributed by atoms with Gasteiger partial charge >= 0.3 is 0 Å². The number of carbonyl (C=O) groups excluding carboxylic acids is 1. The lowest BCUT2D eigenvalue weighted by Crippen LogP contribution is -2.43. The van der Waals surface area contributed by atoms with Gasteiger partial charge in [-0.2, -0.15) is 0 Å². The summed E-state index contributed by atoms with van der Waals surface area (Å²) in [4.78, 5) is 26.2. The largest absolute Gasteiger partial charge is 0.477 e. The molecule has 2 fully saturated rings. The minimum atomic E-state index is -0.350. The van der Waals surface area contributed by atoms with Crippen LogP contribution < -0.4 is 9.64 Å². The highest BCUT2D eigenvalue weighted by Crippen LogP contribution is 2.44. The van der Waals surface area contributed by atoms with Crippen molar-refractivity contribution in [2.24, 2.45) is 11.3 Å². The van der Waals surface area contributed by atoms with Crippen LogP contribution in [-0.2, 0) is 4.79 Å². The molecule has 2 saturated heterocycles. The third-order valence-electron chi connectivity index (χ3n) is 7.51. The molecule has 1 amide bonds. The summed E-state index contributed by atoms with van der Waals surface area (Å²) in [5.41, 5.74) is 0.816. The van der Waals surface area contributed by atoms with Crippen LogP contribution >= 0.6 is 23.2 Å². The first kappa shape index (κ1) is 25.7. The Balaban J connectivity index is 1.28. The summed E-state index contributed by atoms with van der Waals surface area (Å²) in [5, 5.41) is 1.23. The fraction of sp³-hybridized carbons (Fsp3) is 0.393. The molecule has 0 unspecified atom stereocenters. The zero-order valence-electron chi connectivity index (χ0n) is 20.6. The maximum atomic E-state index is 13.7. The number of likely N-dealkylation sites (tertiary alicyclic amines) is 1. The quantitative estimate of drug-likeness (QED) is 0.391. The Morgan fingerprint density at radius 3 is 2.41 bits per heavy atom. The minimum Gasteiger partial charge on any atom is -0.477 e. The molecule has 9 heteroatoms. The summed E-state index contributed by atoms with van der Waals surface area (Å²) in [6, 6.07) is 14.5. The van der Waals surface area contributed by atoms with E-state index >= 15 is 0 Å². The van der Waals surface area contributed by atoms with Gasteiger partial charge in [-0.15, -0.1) is 0 Å². The zero-order chi connectivity index (χ0) is 26.0. The highest BCUT2D eigenvalue weighted by Gasteiger charge is 2.47. The lowest BCUT2D eigenvalue weighted by molar-refractivity contribution is -0.135. The molecule has 0 N–H and O–H groups in total. The van der Waals surface area contributed by atoms with Crippen LogP contribution in [0.4, 0.5) is 10.2 Å². The first-order valence-electron chi connectivity index (χ1n) is 12.5. The molecule has 2 aliphatic heterocycles. The second-order valence-electron chi connectivity index (χ2n) is 10.2. The van der Waals surface area contributed by atoms with E-state index < -0.39 is 0 Å². The van der Waals surface area contributed by atoms with Gasteiger partial charge in [0.15, 0.2) is 0 Å². The minimum absolute atomic E-state index is 0.0521. The second-order valence-corrected chi connectivity index (χ2v) is 11.0. The Morgan fingerprint density at radius 2 is 1.76 bits per heavy atom. The van der Waals surface area contributed by atoms with Crippen LogP contribution in [0, 0.1) is 17.2 Å². The summed E-state index contributed by atoms with van der Waals surface area (Å²) in [7, 11) is 0. The van der Waals surface area contributed by atoms with Crippen LogP contribution in [0.3, 0.4) is 0 Å². The average molecular weight is 543 g/mol. The lowest BCUT2D eigenvalue weighted by Gasteiger charge is -2.34. The first-order chi connectivity index (χ1) is 17.8. The van der Waals surface area contributed by atoms with Gasteiger partial charge in [-0.05, 0) is 48.7 Å². The Hall–Kier alpha value is -2.90. The van der Waals surface area contributed by atoms with E-state index in [0.29, 0.717) is 48.7 Å². The van der Waals surface area contributed by atoms with E-state index in [9.17, 15) is 9.18 Å². The molecule has 0 spiro atoms. The molecule has 0 saturated carbocycles. The van der Waals surface area contributed by atoms with E-state index in [0.717, 1.165) is 24.2 Å². The van der Waals surface area contributed by atoms with Crippen LogP contribution in [0.15, 0.2) is 60.9 Å². The number of carbonyl (C=O) groups is 1. The molecule has 0 aliphatic carbocycles. The highest BCUT2D eigenvalue weighted by atomic mass is 35.5. The van der Waals surface area contributed by atoms with Crippen molar-refractivity contribution < 1.29 is 13.9 Å². The van der Waals surface area contributed by atoms with E-state index in [1.54, 1.807) is 24.4 Å². The number of benzene rings is 1. The third kappa shape index (κ3) is 5.83. The van der Waals surface area contributed by atoms with Gasteiger partial charge in [-0.1, -0.05) is 42.3 Å². The third-order valence-corrected chi connectivity index (χ3v) is 7.99. The van der Waals surface area contributed by atoms with Crippen LogP contribution in [0.5, 0.6) is 5.88 Å². The molecule has 2 aliphatic rings. The Labute approximate surface area is 226 Å². The Kier molecular flexibility index (Phi) is 7.54. The monoisotopic (exact) mass is 542 g/mol. The summed E-state index contributed by atoms with van der Waals surface area (Å²) >= 11 is 12.1. The van der Waals surface area contributed by atoms with Crippen molar-refractivity contribution in [3.8, 4) is 5.88 Å². The summed E-state index contributed by atoms with van der Waals surface area (Å²) in [5.74, 6) is 1.12. The van der Waals surface area contributed by atoms with Crippen molar-refractivity contribution in [2.75, 3.05) is 37.7 Å². The van der Waals surface area contributed by atoms with E-state index in [4.69, 9.17) is 27.9 Å². The number of rotatable bonds is 6. The van der Waals surface area contributed by atoms with Crippen molar-refractivity contribution in [3.63, 3.8) is 0 Å². The average Bonchev–Trinajstić information content (AvgIpc) is 3.26. The Morgan fingerprint density at radius 1 is 1.03 bits per heavy atom. The molecular formula is C28H29Cl2FN4O2. The van der Waals surface area contributed by atoms with Gasteiger partial charge in [0, 0.05) is 60.7 Å². The summed E-state index contributed by atoms with van der Waals surface area (Å²) in [6.07, 6.45) is 4.27. The number of halogens is 3. The molecule has 6 nitrogen and oxygen atoms in total. The van der Waals surface area contributed by atoms with Gasteiger partial charge in [-0.3, -0.25) is 4.79 Å². The number of piperidine rings is 1. The molecule has 194 valence electrons.